The lowest BCUT2D eigenvalue weighted by molar-refractivity contribution is -0.166. The van der Waals surface area contributed by atoms with E-state index in [2.05, 4.69) is 10.6 Å². The number of hydroxylamine groups is 2. The highest BCUT2D eigenvalue weighted by Gasteiger charge is 2.28. The molecule has 0 saturated carbocycles. The Morgan fingerprint density at radius 2 is 1.96 bits per heavy atom. The van der Waals surface area contributed by atoms with Crippen molar-refractivity contribution in [2.75, 3.05) is 13.6 Å². The van der Waals surface area contributed by atoms with E-state index in [-0.39, 0.29) is 24.8 Å². The van der Waals surface area contributed by atoms with Gasteiger partial charge in [0.2, 0.25) is 18.2 Å². The van der Waals surface area contributed by atoms with E-state index in [0.29, 0.717) is 11.5 Å². The van der Waals surface area contributed by atoms with Crippen LogP contribution in [0.5, 0.6) is 0 Å². The summed E-state index contributed by atoms with van der Waals surface area (Å²) in [7, 11) is 1.48. The van der Waals surface area contributed by atoms with Gasteiger partial charge in [0, 0.05) is 7.05 Å². The van der Waals surface area contributed by atoms with Gasteiger partial charge in [0.15, 0.2) is 0 Å². The topological polar surface area (TPSA) is 98.7 Å². The number of benzene rings is 1. The summed E-state index contributed by atoms with van der Waals surface area (Å²) in [5, 5.41) is 15.0. The second-order valence-corrected chi connectivity index (χ2v) is 5.60. The van der Waals surface area contributed by atoms with Crippen LogP contribution in [0.25, 0.3) is 0 Å². The lowest BCUT2D eigenvalue weighted by Gasteiger charge is -2.27. The van der Waals surface area contributed by atoms with Crippen LogP contribution in [0.1, 0.15) is 25.3 Å². The molecule has 24 heavy (non-hydrogen) atoms. The molecule has 3 amide bonds. The Morgan fingerprint density at radius 1 is 1.29 bits per heavy atom. The second-order valence-electron chi connectivity index (χ2n) is 5.60. The molecule has 0 fully saturated rings. The number of nitrogens with one attached hydrogen (secondary N) is 2. The SMILES string of the molecule is CNC(=O)CNC(=O)C(CCCc1ccccc1)C(C)N(O)C=O. The first-order valence-electron chi connectivity index (χ1n) is 7.94. The molecule has 7 heteroatoms. The summed E-state index contributed by atoms with van der Waals surface area (Å²) >= 11 is 0. The Bertz CT molecular complexity index is 536. The van der Waals surface area contributed by atoms with Crippen LogP contribution in [0.2, 0.25) is 0 Å². The molecule has 2 atom stereocenters. The number of carbonyl (C=O) groups excluding carboxylic acids is 3. The van der Waals surface area contributed by atoms with Crippen molar-refractivity contribution < 1.29 is 19.6 Å². The van der Waals surface area contributed by atoms with Crippen LogP contribution in [0.4, 0.5) is 0 Å². The fourth-order valence-corrected chi connectivity index (χ4v) is 2.43. The van der Waals surface area contributed by atoms with E-state index in [4.69, 9.17) is 0 Å². The maximum Gasteiger partial charge on any atom is 0.239 e. The first kappa shape index (κ1) is 19.6. The molecule has 1 aromatic carbocycles. The third kappa shape index (κ3) is 6.37. The third-order valence-corrected chi connectivity index (χ3v) is 3.97. The quantitative estimate of drug-likeness (QED) is 0.333. The van der Waals surface area contributed by atoms with Crippen LogP contribution in [0.15, 0.2) is 30.3 Å². The van der Waals surface area contributed by atoms with Gasteiger partial charge < -0.3 is 10.6 Å². The first-order valence-corrected chi connectivity index (χ1v) is 7.94. The molecule has 0 saturated heterocycles. The predicted octanol–water partition coefficient (Wildman–Crippen LogP) is 0.724. The molecule has 0 spiro atoms. The van der Waals surface area contributed by atoms with E-state index in [0.717, 1.165) is 18.4 Å². The molecule has 0 aliphatic rings. The maximum atomic E-state index is 12.3. The number of rotatable bonds is 10. The number of likely N-dealkylation sites (N-methyl/N-ethyl adjacent to an activating group) is 1. The highest BCUT2D eigenvalue weighted by molar-refractivity contribution is 5.86. The molecule has 0 bridgehead atoms. The Labute approximate surface area is 142 Å². The van der Waals surface area contributed by atoms with Crippen LogP contribution < -0.4 is 10.6 Å². The molecule has 0 heterocycles. The summed E-state index contributed by atoms with van der Waals surface area (Å²) in [6.45, 7) is 1.46. The van der Waals surface area contributed by atoms with Crippen molar-refractivity contribution in [2.24, 2.45) is 5.92 Å². The van der Waals surface area contributed by atoms with Crippen molar-refractivity contribution in [2.45, 2.75) is 32.2 Å². The lowest BCUT2D eigenvalue weighted by Crippen LogP contribution is -2.46. The fraction of sp³-hybridized carbons (Fsp3) is 0.471. The maximum absolute atomic E-state index is 12.3. The number of carbonyl (C=O) groups is 3. The molecule has 0 aliphatic carbocycles. The Balaban J connectivity index is 2.64. The van der Waals surface area contributed by atoms with Crippen LogP contribution in [-0.2, 0) is 20.8 Å². The molecule has 1 rings (SSSR count). The zero-order chi connectivity index (χ0) is 17.9. The van der Waals surface area contributed by atoms with E-state index < -0.39 is 12.0 Å². The average molecular weight is 335 g/mol. The number of nitrogens with zero attached hydrogens (tertiary/aromatic N) is 1. The smallest absolute Gasteiger partial charge is 0.239 e. The Hall–Kier alpha value is -2.41. The van der Waals surface area contributed by atoms with Crippen molar-refractivity contribution in [1.82, 2.24) is 15.7 Å². The number of amides is 3. The highest BCUT2D eigenvalue weighted by atomic mass is 16.5. The van der Waals surface area contributed by atoms with E-state index in [1.807, 2.05) is 30.3 Å². The summed E-state index contributed by atoms with van der Waals surface area (Å²) in [4.78, 5) is 34.3. The molecule has 0 radical (unpaired) electrons. The summed E-state index contributed by atoms with van der Waals surface area (Å²) in [6.07, 6.45) is 2.28. The van der Waals surface area contributed by atoms with Gasteiger partial charge in [0.1, 0.15) is 0 Å². The predicted molar refractivity (Wildman–Crippen MR) is 89.1 cm³/mol. The summed E-state index contributed by atoms with van der Waals surface area (Å²) in [5.74, 6) is -1.27. The standard InChI is InChI=1S/C17H25N3O4/c1-13(20(24)12-21)15(17(23)19-11-16(22)18-2)10-6-9-14-7-4-3-5-8-14/h3-5,7-8,12-13,15,24H,6,9-11H2,1-2H3,(H,18,22)(H,19,23). The highest BCUT2D eigenvalue weighted by Crippen LogP contribution is 2.17. The van der Waals surface area contributed by atoms with Gasteiger partial charge in [-0.3, -0.25) is 19.6 Å². The van der Waals surface area contributed by atoms with Crippen molar-refractivity contribution in [3.05, 3.63) is 35.9 Å². The minimum absolute atomic E-state index is 0.135. The van der Waals surface area contributed by atoms with Gasteiger partial charge in [0.05, 0.1) is 18.5 Å². The monoisotopic (exact) mass is 335 g/mol. The fourth-order valence-electron chi connectivity index (χ4n) is 2.43. The summed E-state index contributed by atoms with van der Waals surface area (Å²) < 4.78 is 0. The van der Waals surface area contributed by atoms with Crippen LogP contribution in [-0.4, -0.2) is 48.1 Å². The van der Waals surface area contributed by atoms with Crippen LogP contribution >= 0.6 is 0 Å². The Morgan fingerprint density at radius 3 is 2.54 bits per heavy atom. The molecular formula is C17H25N3O4. The molecule has 7 nitrogen and oxygen atoms in total. The molecule has 1 aromatic rings. The molecule has 2 unspecified atom stereocenters. The van der Waals surface area contributed by atoms with Crippen LogP contribution in [0, 0.1) is 5.92 Å². The van der Waals surface area contributed by atoms with E-state index in [9.17, 15) is 19.6 Å². The van der Waals surface area contributed by atoms with E-state index >= 15 is 0 Å². The molecule has 0 aromatic heterocycles. The summed E-state index contributed by atoms with van der Waals surface area (Å²) in [5.41, 5.74) is 1.16. The number of hydrogen-bond donors (Lipinski definition) is 3. The molecule has 132 valence electrons. The zero-order valence-corrected chi connectivity index (χ0v) is 14.1. The van der Waals surface area contributed by atoms with E-state index in [1.165, 1.54) is 7.05 Å². The minimum Gasteiger partial charge on any atom is -0.358 e. The summed E-state index contributed by atoms with van der Waals surface area (Å²) in [6, 6.07) is 9.18. The van der Waals surface area contributed by atoms with Crippen molar-refractivity contribution in [1.29, 1.82) is 0 Å². The zero-order valence-electron chi connectivity index (χ0n) is 14.1. The third-order valence-electron chi connectivity index (χ3n) is 3.97. The van der Waals surface area contributed by atoms with E-state index in [1.54, 1.807) is 6.92 Å². The molecule has 3 N–H and O–H groups in total. The normalized spacial score (nSPS) is 12.8. The molecular weight excluding hydrogens is 310 g/mol. The van der Waals surface area contributed by atoms with Crippen molar-refractivity contribution in [3.63, 3.8) is 0 Å². The van der Waals surface area contributed by atoms with Gasteiger partial charge in [-0.05, 0) is 31.7 Å². The minimum atomic E-state index is -0.678. The largest absolute Gasteiger partial charge is 0.358 e. The Kier molecular flexibility index (Phi) is 8.49. The van der Waals surface area contributed by atoms with Crippen molar-refractivity contribution >= 4 is 18.2 Å². The average Bonchev–Trinajstić information content (AvgIpc) is 2.62. The van der Waals surface area contributed by atoms with Gasteiger partial charge >= 0.3 is 0 Å². The lowest BCUT2D eigenvalue weighted by atomic mass is 9.92. The first-order chi connectivity index (χ1) is 11.5. The van der Waals surface area contributed by atoms with Crippen LogP contribution in [0.3, 0.4) is 0 Å². The van der Waals surface area contributed by atoms with Gasteiger partial charge in [-0.1, -0.05) is 30.3 Å². The number of hydrogen-bond acceptors (Lipinski definition) is 4. The van der Waals surface area contributed by atoms with Gasteiger partial charge in [-0.2, -0.15) is 0 Å². The second kappa shape index (κ2) is 10.4. The van der Waals surface area contributed by atoms with Gasteiger partial charge in [0.25, 0.3) is 0 Å². The molecule has 0 aliphatic heterocycles. The van der Waals surface area contributed by atoms with Crippen molar-refractivity contribution in [3.8, 4) is 0 Å². The number of aryl methyl sites for hydroxylation is 1. The van der Waals surface area contributed by atoms with Gasteiger partial charge in [-0.15, -0.1) is 0 Å². The van der Waals surface area contributed by atoms with Gasteiger partial charge in [-0.25, -0.2) is 5.06 Å².